The molecule has 4 aromatic rings. The molecular formula is C31H28BN3O2S2. The van der Waals surface area contributed by atoms with Gasteiger partial charge >= 0.3 is 7.12 Å². The minimum Gasteiger partial charge on any atom is -0.423 e. The Labute approximate surface area is 239 Å². The van der Waals surface area contributed by atoms with Crippen LogP contribution >= 0.6 is 24.4 Å². The van der Waals surface area contributed by atoms with Crippen molar-refractivity contribution in [3.63, 3.8) is 0 Å². The van der Waals surface area contributed by atoms with Crippen molar-refractivity contribution in [3.05, 3.63) is 89.0 Å². The summed E-state index contributed by atoms with van der Waals surface area (Å²) in [7, 11) is -1.46. The number of thiocarbonyl (C=S) groups is 2. The highest BCUT2D eigenvalue weighted by Crippen LogP contribution is 2.42. The molecular weight excluding hydrogens is 521 g/mol. The Kier molecular flexibility index (Phi) is 5.97. The van der Waals surface area contributed by atoms with Crippen molar-refractivity contribution in [1.82, 2.24) is 4.90 Å². The van der Waals surface area contributed by atoms with E-state index in [4.69, 9.17) is 24.4 Å². The Morgan fingerprint density at radius 3 is 2.18 bits per heavy atom. The minimum atomic E-state index is -1.46. The lowest BCUT2D eigenvalue weighted by Gasteiger charge is -2.45. The molecule has 0 amide bonds. The number of benzene rings is 4. The van der Waals surface area contributed by atoms with Crippen molar-refractivity contribution >= 4 is 69.1 Å². The maximum absolute atomic E-state index is 9.64. The van der Waals surface area contributed by atoms with Gasteiger partial charge in [-0.1, -0.05) is 86.3 Å². The average Bonchev–Trinajstić information content (AvgIpc) is 2.95. The minimum absolute atomic E-state index is 0.530. The number of nitrogens with zero attached hydrogens (tertiary/aromatic N) is 3. The van der Waals surface area contributed by atoms with E-state index in [0.29, 0.717) is 5.46 Å². The molecule has 3 aliphatic heterocycles. The lowest BCUT2D eigenvalue weighted by molar-refractivity contribution is 0.425. The van der Waals surface area contributed by atoms with Gasteiger partial charge in [-0.3, -0.25) is 0 Å². The fourth-order valence-corrected chi connectivity index (χ4v) is 7.11. The molecule has 4 aromatic carbocycles. The molecule has 3 heterocycles. The summed E-state index contributed by atoms with van der Waals surface area (Å²) >= 11 is 11.9. The molecule has 0 aromatic heterocycles. The van der Waals surface area contributed by atoms with Crippen LogP contribution in [0.2, 0.25) is 0 Å². The van der Waals surface area contributed by atoms with Crippen LogP contribution in [0.1, 0.15) is 42.0 Å². The standard InChI is InChI=1S/C31H28BN3O2S2/c1-2-3-13-35-30(38)25-6-4-5-24-23(9-10-26(29(24)25)31(35)39)19-7-11-27-20(14-19)16-33-18-34(27)17-21-15-22(32(36)37)8-12-28(21)33/h4-12,14-15,36-37H,2-3,13,16-18H2,1H3. The van der Waals surface area contributed by atoms with E-state index in [2.05, 4.69) is 70.2 Å². The number of unbranched alkanes of at least 4 members (excludes halogenated alkanes) is 1. The predicted molar refractivity (Wildman–Crippen MR) is 168 cm³/mol. The molecule has 0 aliphatic carbocycles. The second-order valence-corrected chi connectivity index (χ2v) is 11.4. The van der Waals surface area contributed by atoms with Gasteiger partial charge in [0.05, 0.1) is 6.67 Å². The van der Waals surface area contributed by atoms with Crippen molar-refractivity contribution in [1.29, 1.82) is 0 Å². The SMILES string of the molecule is CCCCN1C(=S)c2cccc3c(-c4ccc5c(c4)CN4CN5Cc5cc(B(O)O)ccc54)ccc(c23)C1=S. The zero-order chi connectivity index (χ0) is 26.8. The first kappa shape index (κ1) is 24.7. The highest BCUT2D eigenvalue weighted by molar-refractivity contribution is 7.82. The molecule has 0 saturated carbocycles. The summed E-state index contributed by atoms with van der Waals surface area (Å²) in [5, 5.41) is 21.6. The van der Waals surface area contributed by atoms with E-state index in [-0.39, 0.29) is 0 Å². The normalized spacial score (nSPS) is 15.5. The third-order valence-corrected chi connectivity index (χ3v) is 9.15. The predicted octanol–water partition coefficient (Wildman–Crippen LogP) is 4.95. The molecule has 2 N–H and O–H groups in total. The van der Waals surface area contributed by atoms with Crippen LogP contribution in [0.4, 0.5) is 11.4 Å². The molecule has 3 aliphatic rings. The van der Waals surface area contributed by atoms with Gasteiger partial charge in [-0.15, -0.1) is 0 Å². The van der Waals surface area contributed by atoms with Gasteiger partial charge in [-0.05, 0) is 57.7 Å². The lowest BCUT2D eigenvalue weighted by Crippen LogP contribution is -2.46. The van der Waals surface area contributed by atoms with Gasteiger partial charge in [0.15, 0.2) is 0 Å². The van der Waals surface area contributed by atoms with E-state index in [1.807, 2.05) is 12.1 Å². The summed E-state index contributed by atoms with van der Waals surface area (Å²) in [5.41, 5.74) is 9.88. The molecule has 7 rings (SSSR count). The number of rotatable bonds is 5. The summed E-state index contributed by atoms with van der Waals surface area (Å²) in [4.78, 5) is 8.51. The van der Waals surface area contributed by atoms with Crippen LogP contribution in [0, 0.1) is 0 Å². The molecule has 39 heavy (non-hydrogen) atoms. The van der Waals surface area contributed by atoms with Crippen LogP contribution in [0.3, 0.4) is 0 Å². The quantitative estimate of drug-likeness (QED) is 0.270. The molecule has 0 fully saturated rings. The van der Waals surface area contributed by atoms with Crippen LogP contribution in [0.15, 0.2) is 66.7 Å². The van der Waals surface area contributed by atoms with E-state index in [1.165, 1.54) is 27.8 Å². The Bertz CT molecular complexity index is 1670. The van der Waals surface area contributed by atoms with Crippen LogP contribution in [0.25, 0.3) is 21.9 Å². The summed E-state index contributed by atoms with van der Waals surface area (Å²) in [6, 6.07) is 23.3. The molecule has 0 unspecified atom stereocenters. The van der Waals surface area contributed by atoms with Crippen LogP contribution in [-0.4, -0.2) is 45.3 Å². The molecule has 0 spiro atoms. The Balaban J connectivity index is 1.28. The third-order valence-electron chi connectivity index (χ3n) is 8.26. The maximum atomic E-state index is 9.64. The molecule has 8 heteroatoms. The molecule has 2 bridgehead atoms. The van der Waals surface area contributed by atoms with Crippen LogP contribution < -0.4 is 15.3 Å². The molecule has 5 nitrogen and oxygen atoms in total. The Hall–Kier alpha value is -3.30. The number of hydrogen-bond acceptors (Lipinski definition) is 6. The van der Waals surface area contributed by atoms with Crippen molar-refractivity contribution in [2.75, 3.05) is 23.0 Å². The van der Waals surface area contributed by atoms with E-state index in [0.717, 1.165) is 76.9 Å². The summed E-state index contributed by atoms with van der Waals surface area (Å²) in [6.45, 7) is 5.41. The highest BCUT2D eigenvalue weighted by Gasteiger charge is 2.31. The molecule has 0 saturated heterocycles. The highest BCUT2D eigenvalue weighted by atomic mass is 32.1. The van der Waals surface area contributed by atoms with Crippen molar-refractivity contribution in [2.24, 2.45) is 0 Å². The maximum Gasteiger partial charge on any atom is 0.488 e. The lowest BCUT2D eigenvalue weighted by atomic mass is 9.79. The number of fused-ring (bicyclic) bond motifs is 6. The van der Waals surface area contributed by atoms with Gasteiger partial charge in [0, 0.05) is 47.5 Å². The summed E-state index contributed by atoms with van der Waals surface area (Å²) in [5.74, 6) is 0. The monoisotopic (exact) mass is 549 g/mol. The van der Waals surface area contributed by atoms with E-state index >= 15 is 0 Å². The first-order chi connectivity index (χ1) is 18.9. The topological polar surface area (TPSA) is 50.2 Å². The van der Waals surface area contributed by atoms with Crippen LogP contribution in [-0.2, 0) is 13.1 Å². The van der Waals surface area contributed by atoms with Crippen molar-refractivity contribution < 1.29 is 10.0 Å². The van der Waals surface area contributed by atoms with Gasteiger partial charge in [-0.25, -0.2) is 0 Å². The van der Waals surface area contributed by atoms with Gasteiger partial charge < -0.3 is 24.7 Å². The first-order valence-electron chi connectivity index (χ1n) is 13.5. The van der Waals surface area contributed by atoms with E-state index in [1.54, 1.807) is 6.07 Å². The molecule has 0 atom stereocenters. The third kappa shape index (κ3) is 3.89. The van der Waals surface area contributed by atoms with Crippen molar-refractivity contribution in [3.8, 4) is 11.1 Å². The smallest absolute Gasteiger partial charge is 0.423 e. The second-order valence-electron chi connectivity index (χ2n) is 10.6. The number of hydrogen-bond donors (Lipinski definition) is 2. The zero-order valence-electron chi connectivity index (χ0n) is 21.7. The average molecular weight is 550 g/mol. The van der Waals surface area contributed by atoms with E-state index in [9.17, 15) is 10.0 Å². The zero-order valence-corrected chi connectivity index (χ0v) is 23.4. The van der Waals surface area contributed by atoms with Gasteiger partial charge in [-0.2, -0.15) is 0 Å². The fourth-order valence-electron chi connectivity index (χ4n) is 6.35. The van der Waals surface area contributed by atoms with Gasteiger partial charge in [0.25, 0.3) is 0 Å². The first-order valence-corrected chi connectivity index (χ1v) is 14.3. The van der Waals surface area contributed by atoms with Crippen molar-refractivity contribution in [2.45, 2.75) is 32.9 Å². The van der Waals surface area contributed by atoms with E-state index < -0.39 is 7.12 Å². The second kappa shape index (κ2) is 9.42. The summed E-state index contributed by atoms with van der Waals surface area (Å²) < 4.78 is 0. The summed E-state index contributed by atoms with van der Waals surface area (Å²) in [6.07, 6.45) is 2.16. The largest absolute Gasteiger partial charge is 0.488 e. The Morgan fingerprint density at radius 1 is 0.795 bits per heavy atom. The number of anilines is 2. The molecule has 0 radical (unpaired) electrons. The van der Waals surface area contributed by atoms with Crippen LogP contribution in [0.5, 0.6) is 0 Å². The van der Waals surface area contributed by atoms with Gasteiger partial charge in [0.2, 0.25) is 0 Å². The molecule has 194 valence electrons. The Morgan fingerprint density at radius 2 is 1.46 bits per heavy atom. The fraction of sp³-hybridized carbons (Fsp3) is 0.226. The van der Waals surface area contributed by atoms with Gasteiger partial charge in [0.1, 0.15) is 9.98 Å².